The number of hydrogen-bond donors (Lipinski definition) is 1. The fourth-order valence-electron chi connectivity index (χ4n) is 3.13. The number of anilines is 2. The summed E-state index contributed by atoms with van der Waals surface area (Å²) in [6, 6.07) is 14.1. The largest absolute Gasteiger partial charge is 0.492 e. The fraction of sp³-hybridized carbons (Fsp3) is 0.286. The van der Waals surface area contributed by atoms with Crippen LogP contribution in [0.1, 0.15) is 30.6 Å². The van der Waals surface area contributed by atoms with E-state index in [1.807, 2.05) is 31.2 Å². The number of nitrogens with one attached hydrogen (secondary N) is 1. The quantitative estimate of drug-likeness (QED) is 0.796. The van der Waals surface area contributed by atoms with Crippen molar-refractivity contribution in [2.45, 2.75) is 20.3 Å². The van der Waals surface area contributed by atoms with Crippen molar-refractivity contribution in [2.75, 3.05) is 23.4 Å². The molecule has 2 amide bonds. The second-order valence-corrected chi connectivity index (χ2v) is 6.43. The first-order valence-electron chi connectivity index (χ1n) is 8.93. The Morgan fingerprint density at radius 2 is 1.96 bits per heavy atom. The maximum atomic E-state index is 12.6. The van der Waals surface area contributed by atoms with Crippen LogP contribution in [0.4, 0.5) is 11.4 Å². The van der Waals surface area contributed by atoms with Crippen molar-refractivity contribution in [3.63, 3.8) is 0 Å². The van der Waals surface area contributed by atoms with Crippen molar-refractivity contribution in [3.8, 4) is 5.75 Å². The van der Waals surface area contributed by atoms with Crippen LogP contribution in [0.3, 0.4) is 0 Å². The number of ketones is 1. The highest BCUT2D eigenvalue weighted by atomic mass is 16.5. The van der Waals surface area contributed by atoms with Crippen LogP contribution >= 0.6 is 0 Å². The molecule has 27 heavy (non-hydrogen) atoms. The van der Waals surface area contributed by atoms with Crippen LogP contribution in [0, 0.1) is 5.92 Å². The van der Waals surface area contributed by atoms with Crippen molar-refractivity contribution in [1.29, 1.82) is 0 Å². The average Bonchev–Trinajstić information content (AvgIpc) is 3.04. The van der Waals surface area contributed by atoms with Gasteiger partial charge in [0.25, 0.3) is 0 Å². The predicted octanol–water partition coefficient (Wildman–Crippen LogP) is 3.28. The molecule has 6 heteroatoms. The van der Waals surface area contributed by atoms with E-state index in [0.29, 0.717) is 35.8 Å². The molecular weight excluding hydrogens is 344 g/mol. The van der Waals surface area contributed by atoms with E-state index >= 15 is 0 Å². The third-order valence-corrected chi connectivity index (χ3v) is 4.49. The van der Waals surface area contributed by atoms with E-state index < -0.39 is 5.92 Å². The minimum absolute atomic E-state index is 0.0687. The van der Waals surface area contributed by atoms with Gasteiger partial charge in [0.2, 0.25) is 11.8 Å². The van der Waals surface area contributed by atoms with Gasteiger partial charge in [0.05, 0.1) is 18.2 Å². The summed E-state index contributed by atoms with van der Waals surface area (Å²) in [5, 5.41) is 2.81. The van der Waals surface area contributed by atoms with Gasteiger partial charge in [-0.3, -0.25) is 14.4 Å². The lowest BCUT2D eigenvalue weighted by Gasteiger charge is -2.20. The molecule has 1 N–H and O–H groups in total. The zero-order valence-electron chi connectivity index (χ0n) is 15.4. The van der Waals surface area contributed by atoms with E-state index in [1.165, 1.54) is 6.92 Å². The summed E-state index contributed by atoms with van der Waals surface area (Å²) in [7, 11) is 0. The Morgan fingerprint density at radius 1 is 1.19 bits per heavy atom. The number of nitrogens with zero attached hydrogens (tertiary/aromatic N) is 1. The first-order valence-corrected chi connectivity index (χ1v) is 8.93. The molecule has 2 aromatic carbocycles. The Morgan fingerprint density at radius 3 is 2.70 bits per heavy atom. The van der Waals surface area contributed by atoms with Crippen molar-refractivity contribution >= 4 is 29.0 Å². The molecular formula is C21H22N2O4. The number of para-hydroxylation sites is 2. The number of amides is 2. The van der Waals surface area contributed by atoms with E-state index in [2.05, 4.69) is 5.32 Å². The second-order valence-electron chi connectivity index (χ2n) is 6.43. The molecule has 0 spiro atoms. The van der Waals surface area contributed by atoms with E-state index in [0.717, 1.165) is 0 Å². The molecule has 6 nitrogen and oxygen atoms in total. The molecule has 0 unspecified atom stereocenters. The van der Waals surface area contributed by atoms with Gasteiger partial charge >= 0.3 is 0 Å². The molecule has 2 aromatic rings. The van der Waals surface area contributed by atoms with Gasteiger partial charge in [-0.15, -0.1) is 0 Å². The Labute approximate surface area is 158 Å². The molecule has 0 aromatic heterocycles. The summed E-state index contributed by atoms with van der Waals surface area (Å²) in [6.07, 6.45) is 0.138. The van der Waals surface area contributed by atoms with Gasteiger partial charge in [0.15, 0.2) is 5.78 Å². The number of Topliss-reactive ketones (excluding diaryl/α,β-unsaturated/α-hetero) is 1. The summed E-state index contributed by atoms with van der Waals surface area (Å²) in [5.74, 6) is -0.252. The van der Waals surface area contributed by atoms with Gasteiger partial charge in [-0.2, -0.15) is 0 Å². The van der Waals surface area contributed by atoms with E-state index in [-0.39, 0.29) is 24.0 Å². The molecule has 1 aliphatic rings. The Bertz CT molecular complexity index is 878. The number of carbonyl (C=O) groups excluding carboxylic acids is 3. The fourth-order valence-corrected chi connectivity index (χ4v) is 3.13. The van der Waals surface area contributed by atoms with Crippen LogP contribution < -0.4 is 15.0 Å². The predicted molar refractivity (Wildman–Crippen MR) is 103 cm³/mol. The van der Waals surface area contributed by atoms with Crippen molar-refractivity contribution < 1.29 is 19.1 Å². The highest BCUT2D eigenvalue weighted by molar-refractivity contribution is 6.04. The number of hydrogen-bond acceptors (Lipinski definition) is 4. The van der Waals surface area contributed by atoms with E-state index in [1.54, 1.807) is 29.2 Å². The molecule has 3 rings (SSSR count). The maximum Gasteiger partial charge on any atom is 0.229 e. The molecule has 140 valence electrons. The van der Waals surface area contributed by atoms with Crippen molar-refractivity contribution in [2.24, 2.45) is 5.92 Å². The smallest absolute Gasteiger partial charge is 0.229 e. The zero-order chi connectivity index (χ0) is 19.4. The van der Waals surface area contributed by atoms with Crippen LogP contribution in [-0.2, 0) is 9.59 Å². The van der Waals surface area contributed by atoms with Gasteiger partial charge in [-0.25, -0.2) is 0 Å². The monoisotopic (exact) mass is 366 g/mol. The highest BCUT2D eigenvalue weighted by Crippen LogP contribution is 2.33. The minimum atomic E-state index is -0.465. The first-order chi connectivity index (χ1) is 13.0. The van der Waals surface area contributed by atoms with Gasteiger partial charge in [0.1, 0.15) is 5.75 Å². The minimum Gasteiger partial charge on any atom is -0.492 e. The maximum absolute atomic E-state index is 12.6. The standard InChI is InChI=1S/C21H22N2O4/c1-3-27-19-10-5-4-9-18(19)23-13-16(12-20(23)25)21(26)22-17-8-6-7-15(11-17)14(2)24/h4-11,16H,3,12-13H2,1-2H3,(H,22,26)/t16-/m0/s1. The van der Waals surface area contributed by atoms with Gasteiger partial charge < -0.3 is 15.0 Å². The Kier molecular flexibility index (Phi) is 5.54. The normalized spacial score (nSPS) is 16.3. The van der Waals surface area contributed by atoms with Gasteiger partial charge in [-0.1, -0.05) is 24.3 Å². The Hall–Kier alpha value is -3.15. The number of rotatable bonds is 6. The van der Waals surface area contributed by atoms with E-state index in [4.69, 9.17) is 4.74 Å². The lowest BCUT2D eigenvalue weighted by atomic mass is 10.1. The number of carbonyl (C=O) groups is 3. The summed E-state index contributed by atoms with van der Waals surface area (Å²) in [6.45, 7) is 4.15. The summed E-state index contributed by atoms with van der Waals surface area (Å²) >= 11 is 0. The van der Waals surface area contributed by atoms with Crippen LogP contribution in [-0.4, -0.2) is 30.7 Å². The van der Waals surface area contributed by atoms with E-state index in [9.17, 15) is 14.4 Å². The third-order valence-electron chi connectivity index (χ3n) is 4.49. The highest BCUT2D eigenvalue weighted by Gasteiger charge is 2.36. The van der Waals surface area contributed by atoms with Crippen LogP contribution in [0.5, 0.6) is 5.75 Å². The molecule has 0 saturated carbocycles. The number of ether oxygens (including phenoxy) is 1. The van der Waals surface area contributed by atoms with Gasteiger partial charge in [0, 0.05) is 24.2 Å². The lowest BCUT2D eigenvalue weighted by molar-refractivity contribution is -0.122. The first kappa shape index (κ1) is 18.6. The molecule has 1 aliphatic heterocycles. The van der Waals surface area contributed by atoms with Crippen LogP contribution in [0.15, 0.2) is 48.5 Å². The second kappa shape index (κ2) is 8.03. The molecule has 0 radical (unpaired) electrons. The average molecular weight is 366 g/mol. The lowest BCUT2D eigenvalue weighted by Crippen LogP contribution is -2.28. The SMILES string of the molecule is CCOc1ccccc1N1C[C@@H](C(=O)Nc2cccc(C(C)=O)c2)CC1=O. The molecule has 0 aliphatic carbocycles. The summed E-state index contributed by atoms with van der Waals surface area (Å²) < 4.78 is 5.60. The molecule has 1 fully saturated rings. The molecule has 1 heterocycles. The molecule has 1 atom stereocenters. The Balaban J connectivity index is 1.73. The van der Waals surface area contributed by atoms with Gasteiger partial charge in [-0.05, 0) is 38.1 Å². The molecule has 1 saturated heterocycles. The number of benzene rings is 2. The summed E-state index contributed by atoms with van der Waals surface area (Å²) in [5.41, 5.74) is 1.76. The van der Waals surface area contributed by atoms with Crippen molar-refractivity contribution in [1.82, 2.24) is 0 Å². The van der Waals surface area contributed by atoms with Crippen molar-refractivity contribution in [3.05, 3.63) is 54.1 Å². The third kappa shape index (κ3) is 4.16. The zero-order valence-corrected chi connectivity index (χ0v) is 15.4. The summed E-state index contributed by atoms with van der Waals surface area (Å²) in [4.78, 5) is 38.2. The molecule has 0 bridgehead atoms. The van der Waals surface area contributed by atoms with Crippen LogP contribution in [0.2, 0.25) is 0 Å². The van der Waals surface area contributed by atoms with Crippen LogP contribution in [0.25, 0.3) is 0 Å². The topological polar surface area (TPSA) is 75.7 Å².